The Balaban J connectivity index is 2.07. The Morgan fingerprint density at radius 2 is 2.06 bits per heavy atom. The van der Waals surface area contributed by atoms with Gasteiger partial charge in [-0.25, -0.2) is 0 Å². The maximum absolute atomic E-state index is 10.5. The van der Waals surface area contributed by atoms with Crippen molar-refractivity contribution in [1.82, 2.24) is 0 Å². The third-order valence-electron chi connectivity index (χ3n) is 3.28. The zero-order valence-electron chi connectivity index (χ0n) is 9.09. The van der Waals surface area contributed by atoms with E-state index in [1.165, 1.54) is 25.3 Å². The van der Waals surface area contributed by atoms with Crippen molar-refractivity contribution in [2.24, 2.45) is 11.7 Å². The van der Waals surface area contributed by atoms with Crippen molar-refractivity contribution >= 4 is 5.88 Å². The molecule has 1 aliphatic carbocycles. The maximum Gasteiger partial charge on any atom is 0.433 e. The predicted octanol–water partition coefficient (Wildman–Crippen LogP) is 2.77. The first-order valence-electron chi connectivity index (χ1n) is 5.68. The van der Waals surface area contributed by atoms with Gasteiger partial charge in [0, 0.05) is 0 Å². The smallest absolute Gasteiger partial charge is 0.404 e. The van der Waals surface area contributed by atoms with Gasteiger partial charge in [0.05, 0.1) is 12.1 Å². The van der Waals surface area contributed by atoms with Crippen LogP contribution in [-0.4, -0.2) is 4.92 Å². The summed E-state index contributed by atoms with van der Waals surface area (Å²) >= 11 is 0. The van der Waals surface area contributed by atoms with E-state index in [9.17, 15) is 10.1 Å². The molecule has 0 amide bonds. The van der Waals surface area contributed by atoms with Gasteiger partial charge in [-0.05, 0) is 24.8 Å². The fourth-order valence-electron chi connectivity index (χ4n) is 2.35. The van der Waals surface area contributed by atoms with Crippen molar-refractivity contribution in [2.45, 2.75) is 38.1 Å². The fourth-order valence-corrected chi connectivity index (χ4v) is 2.35. The van der Waals surface area contributed by atoms with Gasteiger partial charge in [0.2, 0.25) is 0 Å². The first-order chi connectivity index (χ1) is 7.68. The molecule has 1 saturated carbocycles. The summed E-state index contributed by atoms with van der Waals surface area (Å²) in [5.41, 5.74) is 6.07. The van der Waals surface area contributed by atoms with Crippen LogP contribution >= 0.6 is 0 Å². The molecular formula is C11H16N2O3. The number of hydrogen-bond donors (Lipinski definition) is 1. The average Bonchev–Trinajstić information content (AvgIpc) is 2.78. The second-order valence-electron chi connectivity index (χ2n) is 4.36. The molecule has 1 aromatic rings. The number of nitrogens with two attached hydrogens (primary N) is 1. The Kier molecular flexibility index (Phi) is 3.24. The SMILES string of the molecule is N[C@@H](c1ccc([N+](=O)[O-])o1)C1CCCCC1. The number of nitrogens with zero attached hydrogens (tertiary/aromatic N) is 1. The molecule has 1 aliphatic rings. The van der Waals surface area contributed by atoms with Crippen molar-refractivity contribution in [3.8, 4) is 0 Å². The van der Waals surface area contributed by atoms with Gasteiger partial charge >= 0.3 is 5.88 Å². The van der Waals surface area contributed by atoms with Crippen molar-refractivity contribution in [1.29, 1.82) is 0 Å². The topological polar surface area (TPSA) is 82.3 Å². The summed E-state index contributed by atoms with van der Waals surface area (Å²) in [5.74, 6) is 0.722. The summed E-state index contributed by atoms with van der Waals surface area (Å²) in [4.78, 5) is 9.95. The van der Waals surface area contributed by atoms with Gasteiger partial charge in [0.1, 0.15) is 10.7 Å². The lowest BCUT2D eigenvalue weighted by atomic mass is 9.83. The highest BCUT2D eigenvalue weighted by Gasteiger charge is 2.25. The highest BCUT2D eigenvalue weighted by atomic mass is 16.6. The standard InChI is InChI=1S/C11H16N2O3/c12-11(8-4-2-1-3-5-8)9-6-7-10(16-9)13(14)15/h6-8,11H,1-5,12H2/t11-/m1/s1. The van der Waals surface area contributed by atoms with Crippen molar-refractivity contribution < 1.29 is 9.34 Å². The second-order valence-corrected chi connectivity index (χ2v) is 4.36. The minimum absolute atomic E-state index is 0.200. The van der Waals surface area contributed by atoms with E-state index < -0.39 is 4.92 Å². The van der Waals surface area contributed by atoms with E-state index in [1.807, 2.05) is 0 Å². The number of rotatable bonds is 3. The summed E-state index contributed by atoms with van der Waals surface area (Å²) in [6, 6.07) is 2.80. The van der Waals surface area contributed by atoms with Gasteiger partial charge in [-0.3, -0.25) is 10.1 Å². The number of nitro groups is 1. The van der Waals surface area contributed by atoms with E-state index in [4.69, 9.17) is 10.2 Å². The highest BCUT2D eigenvalue weighted by molar-refractivity contribution is 5.20. The molecule has 0 unspecified atom stereocenters. The van der Waals surface area contributed by atoms with Gasteiger partial charge in [-0.15, -0.1) is 0 Å². The predicted molar refractivity (Wildman–Crippen MR) is 58.9 cm³/mol. The molecule has 1 heterocycles. The van der Waals surface area contributed by atoms with Crippen LogP contribution in [0.3, 0.4) is 0 Å². The molecule has 0 bridgehead atoms. The van der Waals surface area contributed by atoms with Crippen LogP contribution in [0.25, 0.3) is 0 Å². The van der Waals surface area contributed by atoms with Gasteiger partial charge in [0.25, 0.3) is 0 Å². The summed E-state index contributed by atoms with van der Waals surface area (Å²) in [7, 11) is 0. The Labute approximate surface area is 93.8 Å². The molecule has 0 aromatic carbocycles. The van der Waals surface area contributed by atoms with Gasteiger partial charge < -0.3 is 10.2 Å². The minimum atomic E-state index is -0.531. The van der Waals surface area contributed by atoms with E-state index in [1.54, 1.807) is 6.07 Å². The van der Waals surface area contributed by atoms with Crippen LogP contribution in [-0.2, 0) is 0 Å². The Morgan fingerprint density at radius 3 is 2.62 bits per heavy atom. The molecule has 16 heavy (non-hydrogen) atoms. The molecule has 1 fully saturated rings. The normalized spacial score (nSPS) is 19.6. The largest absolute Gasteiger partial charge is 0.433 e. The molecule has 1 aromatic heterocycles. The lowest BCUT2D eigenvalue weighted by Crippen LogP contribution is -2.23. The lowest BCUT2D eigenvalue weighted by molar-refractivity contribution is -0.402. The fraction of sp³-hybridized carbons (Fsp3) is 0.636. The molecule has 2 rings (SSSR count). The van der Waals surface area contributed by atoms with E-state index >= 15 is 0 Å². The zero-order chi connectivity index (χ0) is 11.5. The molecular weight excluding hydrogens is 208 g/mol. The van der Waals surface area contributed by atoms with Crippen LogP contribution in [0.2, 0.25) is 0 Å². The number of furan rings is 1. The summed E-state index contributed by atoms with van der Waals surface area (Å²) in [5, 5.41) is 10.5. The van der Waals surface area contributed by atoms with Crippen LogP contribution in [0.15, 0.2) is 16.5 Å². The maximum atomic E-state index is 10.5. The molecule has 5 nitrogen and oxygen atoms in total. The van der Waals surface area contributed by atoms with Gasteiger partial charge in [-0.1, -0.05) is 19.3 Å². The molecule has 88 valence electrons. The Bertz CT molecular complexity index is 369. The molecule has 1 atom stereocenters. The van der Waals surface area contributed by atoms with E-state index in [-0.39, 0.29) is 11.9 Å². The number of hydrogen-bond acceptors (Lipinski definition) is 4. The molecule has 2 N–H and O–H groups in total. The molecule has 0 spiro atoms. The van der Waals surface area contributed by atoms with E-state index in [0.29, 0.717) is 11.7 Å². The van der Waals surface area contributed by atoms with Crippen LogP contribution in [0.4, 0.5) is 5.88 Å². The lowest BCUT2D eigenvalue weighted by Gasteiger charge is -2.25. The van der Waals surface area contributed by atoms with Crippen LogP contribution < -0.4 is 5.73 Å². The van der Waals surface area contributed by atoms with Crippen molar-refractivity contribution in [3.05, 3.63) is 28.0 Å². The van der Waals surface area contributed by atoms with Crippen LogP contribution in [0.1, 0.15) is 43.9 Å². The quantitative estimate of drug-likeness (QED) is 0.632. The van der Waals surface area contributed by atoms with Crippen LogP contribution in [0.5, 0.6) is 0 Å². The molecule has 0 saturated heterocycles. The summed E-state index contributed by atoms with van der Waals surface area (Å²) in [6.07, 6.45) is 5.84. The van der Waals surface area contributed by atoms with Gasteiger partial charge in [0.15, 0.2) is 0 Å². The van der Waals surface area contributed by atoms with Crippen molar-refractivity contribution in [2.75, 3.05) is 0 Å². The summed E-state index contributed by atoms with van der Waals surface area (Å²) < 4.78 is 5.14. The van der Waals surface area contributed by atoms with Crippen molar-refractivity contribution in [3.63, 3.8) is 0 Å². The third-order valence-corrected chi connectivity index (χ3v) is 3.28. The molecule has 0 radical (unpaired) electrons. The zero-order valence-corrected chi connectivity index (χ0v) is 9.09. The minimum Gasteiger partial charge on any atom is -0.404 e. The third kappa shape index (κ3) is 2.24. The second kappa shape index (κ2) is 4.65. The first-order valence-corrected chi connectivity index (χ1v) is 5.68. The molecule has 0 aliphatic heterocycles. The van der Waals surface area contributed by atoms with E-state index in [2.05, 4.69) is 0 Å². The van der Waals surface area contributed by atoms with E-state index in [0.717, 1.165) is 12.8 Å². The Morgan fingerprint density at radius 1 is 1.38 bits per heavy atom. The van der Waals surface area contributed by atoms with Crippen LogP contribution in [0, 0.1) is 16.0 Å². The Hall–Kier alpha value is -1.36. The van der Waals surface area contributed by atoms with Gasteiger partial charge in [-0.2, -0.15) is 0 Å². The summed E-state index contributed by atoms with van der Waals surface area (Å²) in [6.45, 7) is 0. The highest BCUT2D eigenvalue weighted by Crippen LogP contribution is 2.34. The monoisotopic (exact) mass is 224 g/mol. The average molecular weight is 224 g/mol. The molecule has 5 heteroatoms. The first kappa shape index (κ1) is 11.1.